The fourth-order valence-corrected chi connectivity index (χ4v) is 2.43. The molecule has 0 saturated heterocycles. The number of ether oxygens (including phenoxy) is 1. The summed E-state index contributed by atoms with van der Waals surface area (Å²) >= 11 is 1.47. The molecule has 1 aromatic heterocycles. The normalized spacial score (nSPS) is 10.8. The van der Waals surface area contributed by atoms with E-state index in [0.29, 0.717) is 22.9 Å². The first-order valence-electron chi connectivity index (χ1n) is 6.36. The third-order valence-electron chi connectivity index (χ3n) is 2.75. The number of nitrogens with zero attached hydrogens (tertiary/aromatic N) is 2. The van der Waals surface area contributed by atoms with Crippen LogP contribution in [0, 0.1) is 6.92 Å². The summed E-state index contributed by atoms with van der Waals surface area (Å²) in [5.74, 6) is 0.479. The highest BCUT2D eigenvalue weighted by molar-refractivity contribution is 7.13. The van der Waals surface area contributed by atoms with E-state index in [-0.39, 0.29) is 5.75 Å². The van der Waals surface area contributed by atoms with Crippen molar-refractivity contribution in [1.82, 2.24) is 4.98 Å². The summed E-state index contributed by atoms with van der Waals surface area (Å²) in [6.45, 7) is 5.63. The molecule has 0 aliphatic rings. The number of allylic oxidation sites excluding steroid dienone is 1. The largest absolute Gasteiger partial charge is 0.504 e. The van der Waals surface area contributed by atoms with Crippen LogP contribution in [0.2, 0.25) is 0 Å². The van der Waals surface area contributed by atoms with E-state index in [9.17, 15) is 5.11 Å². The molecule has 0 atom stereocenters. The lowest BCUT2D eigenvalue weighted by molar-refractivity contribution is 0.372. The number of thiazole rings is 1. The Morgan fingerprint density at radius 1 is 1.52 bits per heavy atom. The Morgan fingerprint density at radius 3 is 2.95 bits per heavy atom. The Balaban J connectivity index is 2.21. The van der Waals surface area contributed by atoms with Gasteiger partial charge in [-0.15, -0.1) is 17.9 Å². The molecule has 0 fully saturated rings. The Labute approximate surface area is 127 Å². The Hall–Kier alpha value is -2.34. The molecule has 1 heterocycles. The second kappa shape index (κ2) is 6.90. The van der Waals surface area contributed by atoms with Crippen molar-refractivity contribution in [2.45, 2.75) is 13.3 Å². The highest BCUT2D eigenvalue weighted by Crippen LogP contribution is 2.30. The van der Waals surface area contributed by atoms with E-state index >= 15 is 0 Å². The van der Waals surface area contributed by atoms with Gasteiger partial charge in [-0.3, -0.25) is 5.43 Å². The minimum atomic E-state index is 0.0613. The number of aromatic nitrogens is 1. The predicted molar refractivity (Wildman–Crippen MR) is 86.6 cm³/mol. The summed E-state index contributed by atoms with van der Waals surface area (Å²) in [5.41, 5.74) is 5.34. The van der Waals surface area contributed by atoms with Crippen molar-refractivity contribution >= 4 is 22.7 Å². The summed E-state index contributed by atoms with van der Waals surface area (Å²) in [5, 5.41) is 16.8. The lowest BCUT2D eigenvalue weighted by atomic mass is 10.1. The zero-order valence-corrected chi connectivity index (χ0v) is 12.8. The molecule has 0 aliphatic carbocycles. The van der Waals surface area contributed by atoms with Crippen molar-refractivity contribution in [3.63, 3.8) is 0 Å². The van der Waals surface area contributed by atoms with Gasteiger partial charge in [0.2, 0.25) is 5.13 Å². The van der Waals surface area contributed by atoms with Crippen LogP contribution in [0.5, 0.6) is 11.5 Å². The van der Waals surface area contributed by atoms with Gasteiger partial charge in [-0.1, -0.05) is 6.08 Å². The number of aryl methyl sites for hydroxylation is 1. The average molecular weight is 303 g/mol. The number of anilines is 1. The quantitative estimate of drug-likeness (QED) is 0.488. The van der Waals surface area contributed by atoms with Crippen LogP contribution < -0.4 is 10.2 Å². The number of methoxy groups -OCH3 is 1. The van der Waals surface area contributed by atoms with Crippen molar-refractivity contribution in [1.29, 1.82) is 0 Å². The second-order valence-corrected chi connectivity index (χ2v) is 5.25. The Kier molecular flexibility index (Phi) is 4.94. The molecule has 0 bridgehead atoms. The van der Waals surface area contributed by atoms with Crippen molar-refractivity contribution in [2.75, 3.05) is 12.5 Å². The van der Waals surface area contributed by atoms with Gasteiger partial charge >= 0.3 is 0 Å². The van der Waals surface area contributed by atoms with Crippen molar-refractivity contribution < 1.29 is 9.84 Å². The van der Waals surface area contributed by atoms with Crippen LogP contribution >= 0.6 is 11.3 Å². The molecule has 1 aromatic carbocycles. The number of hydrogen-bond acceptors (Lipinski definition) is 6. The Morgan fingerprint density at radius 2 is 2.33 bits per heavy atom. The molecule has 110 valence electrons. The van der Waals surface area contributed by atoms with Gasteiger partial charge in [0.05, 0.1) is 19.0 Å². The number of phenolic OH excluding ortho intramolecular Hbond substituents is 1. The first kappa shape index (κ1) is 15.1. The van der Waals surface area contributed by atoms with E-state index < -0.39 is 0 Å². The van der Waals surface area contributed by atoms with Gasteiger partial charge in [0.15, 0.2) is 11.5 Å². The Bertz CT molecular complexity index is 665. The monoisotopic (exact) mass is 303 g/mol. The summed E-state index contributed by atoms with van der Waals surface area (Å²) < 4.78 is 5.16. The van der Waals surface area contributed by atoms with Crippen LogP contribution in [0.15, 0.2) is 35.3 Å². The zero-order valence-electron chi connectivity index (χ0n) is 12.0. The van der Waals surface area contributed by atoms with Crippen molar-refractivity contribution in [3.8, 4) is 11.5 Å². The van der Waals surface area contributed by atoms with E-state index in [0.717, 1.165) is 11.3 Å². The third kappa shape index (κ3) is 3.82. The molecule has 2 N–H and O–H groups in total. The van der Waals surface area contributed by atoms with Crippen LogP contribution in [0.1, 0.15) is 16.8 Å². The number of nitrogens with one attached hydrogen (secondary N) is 1. The van der Waals surface area contributed by atoms with Gasteiger partial charge in [0.25, 0.3) is 0 Å². The fraction of sp³-hybridized carbons (Fsp3) is 0.200. The first-order chi connectivity index (χ1) is 10.1. The minimum Gasteiger partial charge on any atom is -0.504 e. The second-order valence-electron chi connectivity index (χ2n) is 4.39. The molecule has 2 rings (SSSR count). The van der Waals surface area contributed by atoms with Gasteiger partial charge in [0, 0.05) is 10.9 Å². The van der Waals surface area contributed by atoms with Gasteiger partial charge in [0.1, 0.15) is 0 Å². The standard InChI is InChI=1S/C15H17N3O2S/c1-4-5-11-6-12(14(19)13(7-11)20-3)8-16-18-15-17-10(2)9-21-15/h4,6-9,19H,1,5H2,2-3H3,(H,17,18). The van der Waals surface area contributed by atoms with E-state index in [4.69, 9.17) is 4.74 Å². The summed E-state index contributed by atoms with van der Waals surface area (Å²) in [7, 11) is 1.52. The van der Waals surface area contributed by atoms with Gasteiger partial charge in [-0.2, -0.15) is 5.10 Å². The molecule has 0 aliphatic heterocycles. The van der Waals surface area contributed by atoms with E-state index in [1.807, 2.05) is 18.4 Å². The molecule has 0 saturated carbocycles. The molecule has 0 spiro atoms. The molecule has 2 aromatic rings. The lowest BCUT2D eigenvalue weighted by Gasteiger charge is -2.08. The molecule has 5 nitrogen and oxygen atoms in total. The highest BCUT2D eigenvalue weighted by Gasteiger charge is 2.08. The van der Waals surface area contributed by atoms with Crippen molar-refractivity contribution in [2.24, 2.45) is 5.10 Å². The molecular weight excluding hydrogens is 286 g/mol. The summed E-state index contributed by atoms with van der Waals surface area (Å²) in [6, 6.07) is 3.63. The van der Waals surface area contributed by atoms with Crippen LogP contribution in [0.25, 0.3) is 0 Å². The minimum absolute atomic E-state index is 0.0613. The van der Waals surface area contributed by atoms with E-state index in [1.54, 1.807) is 18.4 Å². The number of hydrogen-bond donors (Lipinski definition) is 2. The van der Waals surface area contributed by atoms with E-state index in [1.165, 1.54) is 18.4 Å². The molecule has 0 amide bonds. The number of hydrazone groups is 1. The molecule has 21 heavy (non-hydrogen) atoms. The smallest absolute Gasteiger partial charge is 0.203 e. The topological polar surface area (TPSA) is 66.7 Å². The maximum atomic E-state index is 10.1. The van der Waals surface area contributed by atoms with Crippen molar-refractivity contribution in [3.05, 3.63) is 47.0 Å². The van der Waals surface area contributed by atoms with Crippen LogP contribution in [-0.4, -0.2) is 23.4 Å². The van der Waals surface area contributed by atoms with Crippen LogP contribution in [0.4, 0.5) is 5.13 Å². The molecule has 6 heteroatoms. The average Bonchev–Trinajstić information content (AvgIpc) is 2.88. The maximum absolute atomic E-state index is 10.1. The van der Waals surface area contributed by atoms with Gasteiger partial charge in [-0.25, -0.2) is 4.98 Å². The lowest BCUT2D eigenvalue weighted by Crippen LogP contribution is -1.95. The number of aromatic hydroxyl groups is 1. The first-order valence-corrected chi connectivity index (χ1v) is 7.24. The zero-order chi connectivity index (χ0) is 15.2. The SMILES string of the molecule is C=CCc1cc(C=NNc2nc(C)cs2)c(O)c(OC)c1. The van der Waals surface area contributed by atoms with Gasteiger partial charge < -0.3 is 9.84 Å². The highest BCUT2D eigenvalue weighted by atomic mass is 32.1. The predicted octanol–water partition coefficient (Wildman–Crippen LogP) is 3.34. The summed E-state index contributed by atoms with van der Waals surface area (Å²) in [6.07, 6.45) is 4.03. The number of benzene rings is 1. The van der Waals surface area contributed by atoms with Crippen LogP contribution in [0.3, 0.4) is 0 Å². The fourth-order valence-electron chi connectivity index (χ4n) is 1.79. The molecule has 0 radical (unpaired) electrons. The van der Waals surface area contributed by atoms with Gasteiger partial charge in [-0.05, 0) is 31.0 Å². The van der Waals surface area contributed by atoms with Crippen LogP contribution in [-0.2, 0) is 6.42 Å². The molecule has 0 unspecified atom stereocenters. The number of rotatable bonds is 6. The van der Waals surface area contributed by atoms with E-state index in [2.05, 4.69) is 22.1 Å². The summed E-state index contributed by atoms with van der Waals surface area (Å²) in [4.78, 5) is 4.24. The number of phenols is 1. The maximum Gasteiger partial charge on any atom is 0.203 e. The third-order valence-corrected chi connectivity index (χ3v) is 3.61. The molecular formula is C15H17N3O2S.